The Labute approximate surface area is 104 Å². The molecule has 0 radical (unpaired) electrons. The van der Waals surface area contributed by atoms with E-state index in [2.05, 4.69) is 0 Å². The van der Waals surface area contributed by atoms with Crippen LogP contribution in [0.3, 0.4) is 0 Å². The maximum absolute atomic E-state index is 11.6. The number of aliphatic hydroxyl groups is 3. The standard InChI is InChI=1S/C11H17NO6/c1-18-11(10(17)8(15)3-5-13)12-4-2-7(14)6-9(12)16/h2,4,6,8,10-11,13-15,17H,3,5H2,1H3. The molecule has 0 fully saturated rings. The molecule has 1 rings (SSSR count). The first kappa shape index (κ1) is 14.7. The molecular weight excluding hydrogens is 242 g/mol. The first-order chi connectivity index (χ1) is 8.51. The second-order valence-electron chi connectivity index (χ2n) is 3.83. The molecule has 0 aromatic carbocycles. The van der Waals surface area contributed by atoms with Crippen LogP contribution in [0.2, 0.25) is 0 Å². The number of aromatic hydroxyl groups is 1. The van der Waals surface area contributed by atoms with Crippen LogP contribution < -0.4 is 5.56 Å². The van der Waals surface area contributed by atoms with E-state index in [0.717, 1.165) is 10.6 Å². The fourth-order valence-electron chi connectivity index (χ4n) is 1.60. The number of nitrogens with zero attached hydrogens (tertiary/aromatic N) is 1. The molecule has 3 atom stereocenters. The summed E-state index contributed by atoms with van der Waals surface area (Å²) in [5.74, 6) is -0.198. The molecule has 0 bridgehead atoms. The molecular formula is C11H17NO6. The highest BCUT2D eigenvalue weighted by molar-refractivity contribution is 5.15. The molecule has 1 aromatic rings. The fraction of sp³-hybridized carbons (Fsp3) is 0.545. The van der Waals surface area contributed by atoms with Crippen molar-refractivity contribution in [3.05, 3.63) is 28.7 Å². The summed E-state index contributed by atoms with van der Waals surface area (Å²) in [4.78, 5) is 11.6. The van der Waals surface area contributed by atoms with E-state index in [4.69, 9.17) is 14.9 Å². The third kappa shape index (κ3) is 3.30. The summed E-state index contributed by atoms with van der Waals surface area (Å²) in [6, 6.07) is 2.23. The molecule has 0 spiro atoms. The molecule has 0 saturated heterocycles. The SMILES string of the molecule is COC(C(O)C(O)CCO)n1ccc(O)cc1=O. The van der Waals surface area contributed by atoms with Crippen molar-refractivity contribution < 1.29 is 25.2 Å². The van der Waals surface area contributed by atoms with E-state index < -0.39 is 24.0 Å². The Hall–Kier alpha value is -1.41. The molecule has 7 nitrogen and oxygen atoms in total. The Morgan fingerprint density at radius 1 is 1.44 bits per heavy atom. The van der Waals surface area contributed by atoms with Crippen molar-refractivity contribution in [2.75, 3.05) is 13.7 Å². The summed E-state index contributed by atoms with van der Waals surface area (Å²) in [7, 11) is 1.28. The fourth-order valence-corrected chi connectivity index (χ4v) is 1.60. The first-order valence-electron chi connectivity index (χ1n) is 5.42. The van der Waals surface area contributed by atoms with E-state index in [9.17, 15) is 15.0 Å². The summed E-state index contributed by atoms with van der Waals surface area (Å²) >= 11 is 0. The maximum atomic E-state index is 11.6. The highest BCUT2D eigenvalue weighted by Gasteiger charge is 2.28. The van der Waals surface area contributed by atoms with Gasteiger partial charge < -0.3 is 25.2 Å². The Balaban J connectivity index is 2.98. The molecule has 1 heterocycles. The van der Waals surface area contributed by atoms with E-state index >= 15 is 0 Å². The number of aliphatic hydroxyl groups excluding tert-OH is 3. The Morgan fingerprint density at radius 2 is 2.11 bits per heavy atom. The predicted octanol–water partition coefficient (Wildman–Crippen LogP) is -1.20. The van der Waals surface area contributed by atoms with E-state index in [1.807, 2.05) is 0 Å². The number of ether oxygens (including phenoxy) is 1. The van der Waals surface area contributed by atoms with Gasteiger partial charge in [0.05, 0.1) is 6.10 Å². The maximum Gasteiger partial charge on any atom is 0.256 e. The van der Waals surface area contributed by atoms with Gasteiger partial charge >= 0.3 is 0 Å². The third-order valence-corrected chi connectivity index (χ3v) is 2.56. The lowest BCUT2D eigenvalue weighted by Gasteiger charge is -2.26. The molecule has 0 aliphatic rings. The van der Waals surface area contributed by atoms with Gasteiger partial charge in [-0.05, 0) is 12.5 Å². The number of pyridine rings is 1. The largest absolute Gasteiger partial charge is 0.508 e. The molecule has 4 N–H and O–H groups in total. The van der Waals surface area contributed by atoms with Crippen LogP contribution in [0.15, 0.2) is 23.1 Å². The number of hydrogen-bond donors (Lipinski definition) is 4. The molecule has 3 unspecified atom stereocenters. The van der Waals surface area contributed by atoms with Gasteiger partial charge in [-0.15, -0.1) is 0 Å². The molecule has 102 valence electrons. The topological polar surface area (TPSA) is 112 Å². The van der Waals surface area contributed by atoms with Crippen molar-refractivity contribution in [1.29, 1.82) is 0 Å². The van der Waals surface area contributed by atoms with Gasteiger partial charge in [-0.1, -0.05) is 0 Å². The number of methoxy groups -OCH3 is 1. The zero-order valence-corrected chi connectivity index (χ0v) is 9.93. The summed E-state index contributed by atoms with van der Waals surface area (Å²) in [5, 5.41) is 37.2. The number of aromatic nitrogens is 1. The van der Waals surface area contributed by atoms with Crippen LogP contribution in [0, 0.1) is 0 Å². The summed E-state index contributed by atoms with van der Waals surface area (Å²) in [6.45, 7) is -0.293. The first-order valence-corrected chi connectivity index (χ1v) is 5.42. The number of hydrogen-bond acceptors (Lipinski definition) is 6. The molecule has 1 aromatic heterocycles. The Kier molecular flexibility index (Phi) is 5.29. The highest BCUT2D eigenvalue weighted by Crippen LogP contribution is 2.16. The van der Waals surface area contributed by atoms with Gasteiger partial charge in [-0.2, -0.15) is 0 Å². The van der Waals surface area contributed by atoms with E-state index in [1.165, 1.54) is 19.4 Å². The van der Waals surface area contributed by atoms with E-state index in [0.29, 0.717) is 0 Å². The minimum absolute atomic E-state index is 0.0339. The van der Waals surface area contributed by atoms with Crippen LogP contribution >= 0.6 is 0 Å². The lowest BCUT2D eigenvalue weighted by molar-refractivity contribution is -0.114. The van der Waals surface area contributed by atoms with Crippen LogP contribution in [0.25, 0.3) is 0 Å². The smallest absolute Gasteiger partial charge is 0.256 e. The van der Waals surface area contributed by atoms with Crippen molar-refractivity contribution in [3.8, 4) is 5.75 Å². The van der Waals surface area contributed by atoms with Crippen LogP contribution in [0.1, 0.15) is 12.6 Å². The van der Waals surface area contributed by atoms with Crippen molar-refractivity contribution >= 4 is 0 Å². The van der Waals surface area contributed by atoms with Gasteiger partial charge in [0.1, 0.15) is 11.9 Å². The summed E-state index contributed by atoms with van der Waals surface area (Å²) < 4.78 is 6.02. The lowest BCUT2D eigenvalue weighted by atomic mass is 10.1. The predicted molar refractivity (Wildman–Crippen MR) is 62.1 cm³/mol. The van der Waals surface area contributed by atoms with Crippen LogP contribution in [-0.2, 0) is 4.74 Å². The normalized spacial score (nSPS) is 16.2. The van der Waals surface area contributed by atoms with Gasteiger partial charge in [-0.25, -0.2) is 0 Å². The quantitative estimate of drug-likeness (QED) is 0.510. The monoisotopic (exact) mass is 259 g/mol. The summed E-state index contributed by atoms with van der Waals surface area (Å²) in [6.07, 6.45) is -2.47. The molecule has 18 heavy (non-hydrogen) atoms. The van der Waals surface area contributed by atoms with E-state index in [-0.39, 0.29) is 18.8 Å². The number of rotatable bonds is 6. The molecule has 7 heteroatoms. The van der Waals surface area contributed by atoms with Crippen molar-refractivity contribution in [3.63, 3.8) is 0 Å². The Morgan fingerprint density at radius 3 is 2.61 bits per heavy atom. The van der Waals surface area contributed by atoms with Gasteiger partial charge in [0.25, 0.3) is 5.56 Å². The van der Waals surface area contributed by atoms with Gasteiger partial charge in [0.2, 0.25) is 0 Å². The van der Waals surface area contributed by atoms with Crippen molar-refractivity contribution in [1.82, 2.24) is 4.57 Å². The van der Waals surface area contributed by atoms with Crippen molar-refractivity contribution in [2.45, 2.75) is 24.9 Å². The van der Waals surface area contributed by atoms with Gasteiger partial charge in [0, 0.05) is 26.0 Å². The zero-order chi connectivity index (χ0) is 13.7. The average molecular weight is 259 g/mol. The molecule has 0 aliphatic carbocycles. The molecule has 0 aliphatic heterocycles. The molecule has 0 saturated carbocycles. The van der Waals surface area contributed by atoms with E-state index in [1.54, 1.807) is 0 Å². The highest BCUT2D eigenvalue weighted by atomic mass is 16.5. The lowest BCUT2D eigenvalue weighted by Crippen LogP contribution is -2.40. The van der Waals surface area contributed by atoms with Gasteiger partial charge in [-0.3, -0.25) is 9.36 Å². The zero-order valence-electron chi connectivity index (χ0n) is 9.93. The second-order valence-corrected chi connectivity index (χ2v) is 3.83. The van der Waals surface area contributed by atoms with Gasteiger partial charge in [0.15, 0.2) is 6.23 Å². The van der Waals surface area contributed by atoms with Crippen LogP contribution in [-0.4, -0.2) is 50.9 Å². The van der Waals surface area contributed by atoms with Crippen LogP contribution in [0.5, 0.6) is 5.75 Å². The van der Waals surface area contributed by atoms with Crippen molar-refractivity contribution in [2.24, 2.45) is 0 Å². The average Bonchev–Trinajstić information content (AvgIpc) is 2.32. The summed E-state index contributed by atoms with van der Waals surface area (Å²) in [5.41, 5.74) is -0.572. The minimum Gasteiger partial charge on any atom is -0.508 e. The van der Waals surface area contributed by atoms with Crippen LogP contribution in [0.4, 0.5) is 0 Å². The second kappa shape index (κ2) is 6.50. The Bertz CT molecular complexity index is 432. The third-order valence-electron chi connectivity index (χ3n) is 2.56. The molecule has 0 amide bonds. The minimum atomic E-state index is -1.37.